The zero-order valence-corrected chi connectivity index (χ0v) is 14.2. The summed E-state index contributed by atoms with van der Waals surface area (Å²) in [5, 5.41) is 0. The number of hydrogen-bond acceptors (Lipinski definition) is 5. The van der Waals surface area contributed by atoms with Crippen molar-refractivity contribution >= 4 is 12.3 Å². The molecule has 0 bridgehead atoms. The maximum atomic E-state index is 11.7. The molecule has 0 aromatic heterocycles. The summed E-state index contributed by atoms with van der Waals surface area (Å²) < 4.78 is 16.0. The normalized spacial score (nSPS) is 11.4. The number of rotatable bonds is 10. The van der Waals surface area contributed by atoms with Gasteiger partial charge in [0.2, 0.25) is 0 Å². The predicted molar refractivity (Wildman–Crippen MR) is 93.9 cm³/mol. The highest BCUT2D eigenvalue weighted by Gasteiger charge is 2.23. The van der Waals surface area contributed by atoms with Crippen LogP contribution in [0.4, 0.5) is 0 Å². The molecule has 1 unspecified atom stereocenters. The highest BCUT2D eigenvalue weighted by atomic mass is 16.5. The van der Waals surface area contributed by atoms with Gasteiger partial charge in [0, 0.05) is 5.56 Å². The molecule has 2 aromatic carbocycles. The van der Waals surface area contributed by atoms with Gasteiger partial charge in [-0.1, -0.05) is 36.4 Å². The quantitative estimate of drug-likeness (QED) is 0.287. The van der Waals surface area contributed by atoms with E-state index < -0.39 is 11.9 Å². The van der Waals surface area contributed by atoms with Crippen molar-refractivity contribution in [1.29, 1.82) is 0 Å². The Kier molecular flexibility index (Phi) is 7.50. The highest BCUT2D eigenvalue weighted by molar-refractivity contribution is 5.94. The van der Waals surface area contributed by atoms with Gasteiger partial charge in [-0.2, -0.15) is 0 Å². The molecule has 0 fully saturated rings. The van der Waals surface area contributed by atoms with Crippen molar-refractivity contribution in [3.8, 4) is 11.5 Å². The van der Waals surface area contributed by atoms with Crippen molar-refractivity contribution in [3.63, 3.8) is 0 Å². The second-order valence-electron chi connectivity index (χ2n) is 5.39. The number of carbonyl (C=O) groups excluding carboxylic acids is 2. The summed E-state index contributed by atoms with van der Waals surface area (Å²) in [4.78, 5) is 23.0. The van der Waals surface area contributed by atoms with Crippen molar-refractivity contribution in [2.24, 2.45) is 0 Å². The molecule has 132 valence electrons. The molecule has 5 heteroatoms. The molecular weight excluding hydrogens is 320 g/mol. The first-order chi connectivity index (χ1) is 12.3. The van der Waals surface area contributed by atoms with Gasteiger partial charge in [0.25, 0.3) is 0 Å². The van der Waals surface area contributed by atoms with Crippen LogP contribution < -0.4 is 9.47 Å². The van der Waals surface area contributed by atoms with E-state index in [0.717, 1.165) is 18.6 Å². The van der Waals surface area contributed by atoms with Gasteiger partial charge in [0.05, 0.1) is 20.3 Å². The third-order valence-corrected chi connectivity index (χ3v) is 3.65. The van der Waals surface area contributed by atoms with E-state index >= 15 is 0 Å². The van der Waals surface area contributed by atoms with Gasteiger partial charge >= 0.3 is 5.97 Å². The highest BCUT2D eigenvalue weighted by Crippen LogP contribution is 2.26. The van der Waals surface area contributed by atoms with Crippen molar-refractivity contribution in [1.82, 2.24) is 0 Å². The Morgan fingerprint density at radius 1 is 0.960 bits per heavy atom. The molecule has 0 heterocycles. The topological polar surface area (TPSA) is 61.8 Å². The number of aldehydes is 1. The molecule has 2 aromatic rings. The van der Waals surface area contributed by atoms with Gasteiger partial charge in [0.15, 0.2) is 0 Å². The van der Waals surface area contributed by atoms with Crippen LogP contribution in [0.2, 0.25) is 0 Å². The lowest BCUT2D eigenvalue weighted by atomic mass is 10.00. The van der Waals surface area contributed by atoms with Crippen LogP contribution in [-0.2, 0) is 14.3 Å². The number of ether oxygens (including phenoxy) is 3. The summed E-state index contributed by atoms with van der Waals surface area (Å²) in [6.07, 6.45) is 2.21. The monoisotopic (exact) mass is 342 g/mol. The average molecular weight is 342 g/mol. The summed E-state index contributed by atoms with van der Waals surface area (Å²) in [6.45, 7) is 1.08. The maximum Gasteiger partial charge on any atom is 0.320 e. The lowest BCUT2D eigenvalue weighted by molar-refractivity contribution is -0.143. The molecule has 0 spiro atoms. The molecule has 25 heavy (non-hydrogen) atoms. The number of unbranched alkanes of at least 4 members (excludes halogenated alkanes) is 1. The first-order valence-corrected chi connectivity index (χ1v) is 8.19. The van der Waals surface area contributed by atoms with Gasteiger partial charge in [0.1, 0.15) is 23.7 Å². The van der Waals surface area contributed by atoms with Crippen LogP contribution in [0.1, 0.15) is 24.3 Å². The van der Waals surface area contributed by atoms with Crippen LogP contribution in [0.25, 0.3) is 0 Å². The van der Waals surface area contributed by atoms with Crippen LogP contribution in [0.5, 0.6) is 11.5 Å². The van der Waals surface area contributed by atoms with Crippen LogP contribution in [0, 0.1) is 0 Å². The number of benzene rings is 2. The van der Waals surface area contributed by atoms with Gasteiger partial charge in [-0.25, -0.2) is 0 Å². The minimum Gasteiger partial charge on any atom is -0.494 e. The summed E-state index contributed by atoms with van der Waals surface area (Å²) in [5.41, 5.74) is 0.518. The minimum atomic E-state index is -0.970. The predicted octanol–water partition coefficient (Wildman–Crippen LogP) is 3.38. The van der Waals surface area contributed by atoms with Crippen molar-refractivity contribution in [2.75, 3.05) is 20.3 Å². The lowest BCUT2D eigenvalue weighted by Crippen LogP contribution is -2.16. The Balaban J connectivity index is 1.81. The van der Waals surface area contributed by atoms with Gasteiger partial charge in [-0.15, -0.1) is 0 Å². The molecule has 0 aliphatic carbocycles. The van der Waals surface area contributed by atoms with Crippen molar-refractivity contribution in [2.45, 2.75) is 18.8 Å². The zero-order valence-electron chi connectivity index (χ0n) is 14.2. The fourth-order valence-electron chi connectivity index (χ4n) is 2.34. The SMILES string of the molecule is COC(=O)C(C=O)c1ccccc1OCCCCOc1ccccc1. The summed E-state index contributed by atoms with van der Waals surface area (Å²) in [7, 11) is 1.26. The summed E-state index contributed by atoms with van der Waals surface area (Å²) in [5.74, 6) is -0.195. The Bertz CT molecular complexity index is 669. The van der Waals surface area contributed by atoms with Crippen molar-refractivity contribution in [3.05, 3.63) is 60.2 Å². The molecule has 1 atom stereocenters. The Morgan fingerprint density at radius 3 is 2.28 bits per heavy atom. The van der Waals surface area contributed by atoms with E-state index in [4.69, 9.17) is 9.47 Å². The van der Waals surface area contributed by atoms with E-state index in [2.05, 4.69) is 4.74 Å². The molecule has 0 saturated carbocycles. The minimum absolute atomic E-state index is 0.474. The standard InChI is InChI=1S/C20H22O5/c1-23-20(22)18(15-21)17-11-5-6-12-19(17)25-14-8-7-13-24-16-9-3-2-4-10-16/h2-6,9-12,15,18H,7-8,13-14H2,1H3. The maximum absolute atomic E-state index is 11.7. The second-order valence-corrected chi connectivity index (χ2v) is 5.39. The molecule has 5 nitrogen and oxygen atoms in total. The fourth-order valence-corrected chi connectivity index (χ4v) is 2.34. The molecule has 0 amide bonds. The molecular formula is C20H22O5. The van der Waals surface area contributed by atoms with Gasteiger partial charge in [-0.3, -0.25) is 4.79 Å². The molecule has 0 aliphatic heterocycles. The van der Waals surface area contributed by atoms with E-state index in [-0.39, 0.29) is 0 Å². The van der Waals surface area contributed by atoms with Crippen LogP contribution in [0.3, 0.4) is 0 Å². The molecule has 0 aliphatic rings. The molecule has 0 N–H and O–H groups in total. The van der Waals surface area contributed by atoms with Crippen LogP contribution >= 0.6 is 0 Å². The largest absolute Gasteiger partial charge is 0.494 e. The fraction of sp³-hybridized carbons (Fsp3) is 0.300. The summed E-state index contributed by atoms with van der Waals surface area (Å²) in [6, 6.07) is 16.6. The van der Waals surface area contributed by atoms with Crippen molar-refractivity contribution < 1.29 is 23.8 Å². The second kappa shape index (κ2) is 10.1. The van der Waals surface area contributed by atoms with Crippen LogP contribution in [-0.4, -0.2) is 32.6 Å². The molecule has 0 saturated heterocycles. The number of carbonyl (C=O) groups is 2. The number of methoxy groups -OCH3 is 1. The first-order valence-electron chi connectivity index (χ1n) is 8.19. The average Bonchev–Trinajstić information content (AvgIpc) is 2.66. The smallest absolute Gasteiger partial charge is 0.320 e. The summed E-state index contributed by atoms with van der Waals surface area (Å²) >= 11 is 0. The van der Waals surface area contributed by atoms with E-state index in [1.807, 2.05) is 30.3 Å². The van der Waals surface area contributed by atoms with E-state index in [9.17, 15) is 9.59 Å². The van der Waals surface area contributed by atoms with Crippen LogP contribution in [0.15, 0.2) is 54.6 Å². The van der Waals surface area contributed by atoms with Gasteiger partial charge < -0.3 is 19.0 Å². The first kappa shape index (κ1) is 18.5. The lowest BCUT2D eigenvalue weighted by Gasteiger charge is -2.14. The Morgan fingerprint density at radius 2 is 1.60 bits per heavy atom. The number of esters is 1. The number of hydrogen-bond donors (Lipinski definition) is 0. The van der Waals surface area contributed by atoms with E-state index in [0.29, 0.717) is 30.8 Å². The molecule has 2 rings (SSSR count). The Hall–Kier alpha value is -2.82. The van der Waals surface area contributed by atoms with E-state index in [1.165, 1.54) is 7.11 Å². The third-order valence-electron chi connectivity index (χ3n) is 3.65. The Labute approximate surface area is 147 Å². The van der Waals surface area contributed by atoms with Gasteiger partial charge in [-0.05, 0) is 31.0 Å². The zero-order chi connectivity index (χ0) is 17.9. The van der Waals surface area contributed by atoms with E-state index in [1.54, 1.807) is 24.3 Å². The number of para-hydroxylation sites is 2. The third kappa shape index (κ3) is 5.64. The molecule has 0 radical (unpaired) electrons.